The van der Waals surface area contributed by atoms with Gasteiger partial charge in [0.1, 0.15) is 5.78 Å². The summed E-state index contributed by atoms with van der Waals surface area (Å²) in [6.45, 7) is 2.36. The molecule has 1 N–H and O–H groups in total. The number of rotatable bonds is 1. The Hall–Kier alpha value is -0.960. The number of hydrogen-bond donors (Lipinski definition) is 1. The van der Waals surface area contributed by atoms with Crippen LogP contribution in [-0.4, -0.2) is 23.3 Å². The van der Waals surface area contributed by atoms with Gasteiger partial charge in [0.05, 0.1) is 6.61 Å². The summed E-state index contributed by atoms with van der Waals surface area (Å²) in [5.74, 6) is 2.22. The molecule has 4 aliphatic rings. The van der Waals surface area contributed by atoms with Crippen LogP contribution >= 0.6 is 0 Å². The molecule has 3 heteroatoms. The highest BCUT2D eigenvalue weighted by atomic mass is 16.3. The minimum absolute atomic E-state index is 0.108. The molecule has 120 valence electrons. The highest BCUT2D eigenvalue weighted by Gasteiger charge is 2.59. The third-order valence-corrected chi connectivity index (χ3v) is 7.68. The van der Waals surface area contributed by atoms with Crippen molar-refractivity contribution in [1.29, 1.82) is 0 Å². The van der Waals surface area contributed by atoms with Gasteiger partial charge in [0, 0.05) is 23.7 Å². The number of carbonyl (C=O) groups excluding carboxylic acids is 2. The van der Waals surface area contributed by atoms with E-state index < -0.39 is 0 Å². The van der Waals surface area contributed by atoms with Gasteiger partial charge in [-0.25, -0.2) is 0 Å². The van der Waals surface area contributed by atoms with Crippen molar-refractivity contribution in [3.8, 4) is 0 Å². The van der Waals surface area contributed by atoms with Crippen LogP contribution in [0.5, 0.6) is 0 Å². The maximum atomic E-state index is 12.4. The lowest BCUT2D eigenvalue weighted by atomic mass is 9.47. The normalized spacial score (nSPS) is 47.5. The average molecular weight is 302 g/mol. The lowest BCUT2D eigenvalue weighted by Crippen LogP contribution is -2.53. The van der Waals surface area contributed by atoms with Crippen LogP contribution in [-0.2, 0) is 9.59 Å². The molecule has 0 radical (unpaired) electrons. The van der Waals surface area contributed by atoms with Gasteiger partial charge in [-0.05, 0) is 62.4 Å². The van der Waals surface area contributed by atoms with Crippen LogP contribution in [0.4, 0.5) is 0 Å². The van der Waals surface area contributed by atoms with Crippen molar-refractivity contribution in [2.24, 2.45) is 28.6 Å². The molecular weight excluding hydrogens is 276 g/mol. The molecule has 3 fully saturated rings. The van der Waals surface area contributed by atoms with E-state index in [1.165, 1.54) is 5.57 Å². The molecular formula is C19H26O3. The van der Waals surface area contributed by atoms with Crippen molar-refractivity contribution in [2.45, 2.75) is 58.3 Å². The van der Waals surface area contributed by atoms with E-state index in [0.29, 0.717) is 30.0 Å². The molecule has 4 rings (SSSR count). The highest BCUT2D eigenvalue weighted by Crippen LogP contribution is 2.64. The molecule has 0 aromatic heterocycles. The molecule has 0 amide bonds. The van der Waals surface area contributed by atoms with Crippen molar-refractivity contribution >= 4 is 11.6 Å². The largest absolute Gasteiger partial charge is 0.395 e. The molecule has 5 atom stereocenters. The molecule has 3 nitrogen and oxygen atoms in total. The van der Waals surface area contributed by atoms with Gasteiger partial charge in [-0.1, -0.05) is 12.5 Å². The lowest BCUT2D eigenvalue weighted by Gasteiger charge is -2.57. The Morgan fingerprint density at radius 1 is 1.09 bits per heavy atom. The fraction of sp³-hybridized carbons (Fsp3) is 0.789. The van der Waals surface area contributed by atoms with Crippen LogP contribution in [0.1, 0.15) is 58.3 Å². The Kier molecular flexibility index (Phi) is 3.17. The van der Waals surface area contributed by atoms with Gasteiger partial charge in [0.2, 0.25) is 0 Å². The number of aliphatic hydroxyl groups excluding tert-OH is 1. The summed E-state index contributed by atoms with van der Waals surface area (Å²) in [7, 11) is 0. The molecule has 3 saturated carbocycles. The monoisotopic (exact) mass is 302 g/mol. The second-order valence-corrected chi connectivity index (χ2v) is 8.28. The fourth-order valence-electron chi connectivity index (χ4n) is 6.43. The average Bonchev–Trinajstić information content (AvgIpc) is 2.82. The smallest absolute Gasteiger partial charge is 0.155 e. The third-order valence-electron chi connectivity index (χ3n) is 7.68. The topological polar surface area (TPSA) is 54.4 Å². The zero-order valence-corrected chi connectivity index (χ0v) is 13.4. The van der Waals surface area contributed by atoms with Gasteiger partial charge in [0.15, 0.2) is 5.78 Å². The number of carbonyl (C=O) groups is 2. The second-order valence-electron chi connectivity index (χ2n) is 8.28. The summed E-state index contributed by atoms with van der Waals surface area (Å²) < 4.78 is 0. The highest BCUT2D eigenvalue weighted by molar-refractivity contribution is 5.91. The number of aliphatic hydroxyl groups is 1. The van der Waals surface area contributed by atoms with Gasteiger partial charge in [-0.15, -0.1) is 0 Å². The molecule has 0 aliphatic heterocycles. The third kappa shape index (κ3) is 1.72. The standard InChI is InChI=1S/C19H26O3/c1-18-8-7-16-14(15(18)4-5-17(18)22)3-2-12-10-13(21)6-9-19(12,16)11-20/h10,14-16,20H,2-9,11H2,1H3. The van der Waals surface area contributed by atoms with E-state index in [0.717, 1.165) is 44.9 Å². The lowest BCUT2D eigenvalue weighted by molar-refractivity contribution is -0.134. The van der Waals surface area contributed by atoms with Crippen molar-refractivity contribution in [3.05, 3.63) is 11.6 Å². The minimum Gasteiger partial charge on any atom is -0.395 e. The first-order valence-corrected chi connectivity index (χ1v) is 8.89. The molecule has 4 aliphatic carbocycles. The number of ketones is 2. The summed E-state index contributed by atoms with van der Waals surface area (Å²) in [6, 6.07) is 0. The summed E-state index contributed by atoms with van der Waals surface area (Å²) in [5.41, 5.74) is 0.938. The Morgan fingerprint density at radius 3 is 2.68 bits per heavy atom. The van der Waals surface area contributed by atoms with E-state index in [-0.39, 0.29) is 23.2 Å². The van der Waals surface area contributed by atoms with Crippen molar-refractivity contribution in [1.82, 2.24) is 0 Å². The van der Waals surface area contributed by atoms with E-state index in [9.17, 15) is 14.7 Å². The van der Waals surface area contributed by atoms with E-state index in [2.05, 4.69) is 6.92 Å². The van der Waals surface area contributed by atoms with E-state index in [1.807, 2.05) is 6.08 Å². The first-order valence-electron chi connectivity index (χ1n) is 8.89. The fourth-order valence-corrected chi connectivity index (χ4v) is 6.43. The Balaban J connectivity index is 1.73. The van der Waals surface area contributed by atoms with Gasteiger partial charge < -0.3 is 5.11 Å². The molecule has 22 heavy (non-hydrogen) atoms. The molecule has 0 saturated heterocycles. The first kappa shape index (κ1) is 14.6. The van der Waals surface area contributed by atoms with Crippen LogP contribution in [0.3, 0.4) is 0 Å². The zero-order valence-electron chi connectivity index (χ0n) is 13.4. The predicted octanol–water partition coefficient (Wildman–Crippen LogP) is 3.06. The quantitative estimate of drug-likeness (QED) is 0.810. The van der Waals surface area contributed by atoms with Crippen molar-refractivity contribution in [2.75, 3.05) is 6.61 Å². The molecule has 5 unspecified atom stereocenters. The van der Waals surface area contributed by atoms with Gasteiger partial charge in [0.25, 0.3) is 0 Å². The molecule has 0 spiro atoms. The molecule has 0 heterocycles. The van der Waals surface area contributed by atoms with Crippen LogP contribution in [0.25, 0.3) is 0 Å². The van der Waals surface area contributed by atoms with E-state index in [1.54, 1.807) is 0 Å². The van der Waals surface area contributed by atoms with Gasteiger partial charge in [-0.2, -0.15) is 0 Å². The first-order chi connectivity index (χ1) is 10.5. The molecule has 0 aromatic carbocycles. The van der Waals surface area contributed by atoms with Crippen LogP contribution in [0, 0.1) is 28.6 Å². The molecule has 0 bridgehead atoms. The Bertz CT molecular complexity index is 563. The number of hydrogen-bond acceptors (Lipinski definition) is 3. The predicted molar refractivity (Wildman–Crippen MR) is 83.1 cm³/mol. The maximum Gasteiger partial charge on any atom is 0.155 e. The van der Waals surface area contributed by atoms with Crippen LogP contribution < -0.4 is 0 Å². The van der Waals surface area contributed by atoms with Crippen LogP contribution in [0.15, 0.2) is 11.6 Å². The van der Waals surface area contributed by atoms with E-state index >= 15 is 0 Å². The van der Waals surface area contributed by atoms with Crippen LogP contribution in [0.2, 0.25) is 0 Å². The SMILES string of the molecule is CC12CCC3C(CCC4=CC(=O)CCC43CO)C1CCC2=O. The minimum atomic E-state index is -0.163. The second kappa shape index (κ2) is 4.77. The maximum absolute atomic E-state index is 12.4. The summed E-state index contributed by atoms with van der Waals surface area (Å²) in [6.07, 6.45) is 9.06. The summed E-state index contributed by atoms with van der Waals surface area (Å²) in [5, 5.41) is 10.2. The van der Waals surface area contributed by atoms with Crippen molar-refractivity contribution in [3.63, 3.8) is 0 Å². The summed E-state index contributed by atoms with van der Waals surface area (Å²) in [4.78, 5) is 24.2. The molecule has 0 aromatic rings. The van der Waals surface area contributed by atoms with Gasteiger partial charge in [-0.3, -0.25) is 9.59 Å². The Labute approximate surface area is 132 Å². The Morgan fingerprint density at radius 2 is 1.91 bits per heavy atom. The van der Waals surface area contributed by atoms with Gasteiger partial charge >= 0.3 is 0 Å². The summed E-state index contributed by atoms with van der Waals surface area (Å²) >= 11 is 0. The van der Waals surface area contributed by atoms with Crippen molar-refractivity contribution < 1.29 is 14.7 Å². The van der Waals surface area contributed by atoms with E-state index in [4.69, 9.17) is 0 Å². The zero-order chi connectivity index (χ0) is 15.5. The number of fused-ring (bicyclic) bond motifs is 5. The number of Topliss-reactive ketones (excluding diaryl/α,β-unsaturated/α-hetero) is 1.